The maximum absolute atomic E-state index is 14.5. The first-order valence-electron chi connectivity index (χ1n) is 13.7. The fraction of sp³-hybridized carbons (Fsp3) is 0.393. The number of hydrogen-bond donors (Lipinski definition) is 3. The molecule has 45 heavy (non-hydrogen) atoms. The molecule has 1 aliphatic heterocycles. The van der Waals surface area contributed by atoms with Crippen molar-refractivity contribution in [3.63, 3.8) is 0 Å². The van der Waals surface area contributed by atoms with Gasteiger partial charge in [0.05, 0.1) is 33.7 Å². The van der Waals surface area contributed by atoms with E-state index in [0.29, 0.717) is 11.6 Å². The molecule has 0 saturated carbocycles. The van der Waals surface area contributed by atoms with Crippen LogP contribution in [0.15, 0.2) is 29.8 Å². The second-order valence-electron chi connectivity index (χ2n) is 11.3. The van der Waals surface area contributed by atoms with Crippen LogP contribution in [0.2, 0.25) is 5.82 Å². The van der Waals surface area contributed by atoms with E-state index in [9.17, 15) is 35.8 Å². The summed E-state index contributed by atoms with van der Waals surface area (Å²) in [6.45, 7) is 9.05. The highest BCUT2D eigenvalue weighted by molar-refractivity contribution is 6.52. The molecule has 0 aliphatic carbocycles. The van der Waals surface area contributed by atoms with Crippen molar-refractivity contribution < 1.29 is 35.8 Å². The van der Waals surface area contributed by atoms with Crippen LogP contribution in [-0.4, -0.2) is 52.6 Å². The Morgan fingerprint density at radius 3 is 2.42 bits per heavy atom. The average molecular weight is 632 g/mol. The highest BCUT2D eigenvalue weighted by Crippen LogP contribution is 2.45. The first-order valence-corrected chi connectivity index (χ1v) is 13.7. The molecule has 17 heteroatoms. The predicted molar refractivity (Wildman–Crippen MR) is 157 cm³/mol. The molecule has 2 aromatic carbocycles. The molecule has 3 heterocycles. The summed E-state index contributed by atoms with van der Waals surface area (Å²) in [4.78, 5) is 12.2. The Morgan fingerprint density at radius 1 is 1.18 bits per heavy atom. The quantitative estimate of drug-likeness (QED) is 0.191. The summed E-state index contributed by atoms with van der Waals surface area (Å²) in [7, 11) is 8.93. The van der Waals surface area contributed by atoms with Crippen molar-refractivity contribution in [1.29, 1.82) is 0 Å². The Morgan fingerprint density at radius 2 is 1.84 bits per heavy atom. The van der Waals surface area contributed by atoms with Gasteiger partial charge in [0.2, 0.25) is 5.62 Å². The molecule has 1 aliphatic rings. The standard InChI is InChI=1S/C28H27B2F7N7O/c1-11(2)30-28(29,45)44-23-19(43(25(44)38-6)10-26(32,33)34)9-18(20-12(3)39-13(4)21(20)23)42-24-16-7-15(31)8-17(27(35,36)37)22(16)40-14(5)41-24/h7-9,11-12,39,45H,4,10H2,1-3,5-6H3,(H,40,41,42). The molecule has 3 radical (unpaired) electrons. The van der Waals surface area contributed by atoms with Crippen molar-refractivity contribution in [3.05, 3.63) is 58.7 Å². The first-order chi connectivity index (χ1) is 20.7. The van der Waals surface area contributed by atoms with Crippen LogP contribution in [0.5, 0.6) is 0 Å². The topological polar surface area (TPSA) is 92.3 Å². The molecule has 4 aromatic rings. The number of fused-ring (bicyclic) bond motifs is 4. The minimum Gasteiger partial charge on any atom is -0.388 e. The van der Waals surface area contributed by atoms with Crippen molar-refractivity contribution in [2.24, 2.45) is 4.99 Å². The van der Waals surface area contributed by atoms with Crippen LogP contribution >= 0.6 is 0 Å². The summed E-state index contributed by atoms with van der Waals surface area (Å²) in [5.74, 6) is -1.77. The van der Waals surface area contributed by atoms with E-state index in [-0.39, 0.29) is 56.4 Å². The SMILES string of the molecule is [B]C(O)([B]C(C)C)n1c(=NC)n(CC(F)(F)F)c2cc(Nc3nc(C)nc4c(C(F)(F)F)cc(F)cc34)c3c(c21)C(=C)NC3C. The molecule has 3 N–H and O–H groups in total. The number of aryl methyl sites for hydroxylation is 1. The van der Waals surface area contributed by atoms with Crippen molar-refractivity contribution in [1.82, 2.24) is 24.4 Å². The Balaban J connectivity index is 1.89. The Kier molecular flexibility index (Phi) is 7.78. The second-order valence-corrected chi connectivity index (χ2v) is 11.3. The maximum Gasteiger partial charge on any atom is 0.418 e. The fourth-order valence-corrected chi connectivity index (χ4v) is 5.91. The lowest BCUT2D eigenvalue weighted by Crippen LogP contribution is -2.48. The van der Waals surface area contributed by atoms with Gasteiger partial charge in [0.15, 0.2) is 7.28 Å². The lowest BCUT2D eigenvalue weighted by atomic mass is 9.49. The van der Waals surface area contributed by atoms with Crippen molar-refractivity contribution in [2.75, 3.05) is 12.4 Å². The molecular weight excluding hydrogens is 605 g/mol. The third-order valence-corrected chi connectivity index (χ3v) is 7.31. The third-order valence-electron chi connectivity index (χ3n) is 7.31. The summed E-state index contributed by atoms with van der Waals surface area (Å²) in [6, 6.07) is 1.98. The van der Waals surface area contributed by atoms with E-state index in [0.717, 1.165) is 15.2 Å². The van der Waals surface area contributed by atoms with Crippen LogP contribution in [-0.2, 0) is 18.2 Å². The van der Waals surface area contributed by atoms with E-state index in [1.165, 1.54) is 27.3 Å². The molecule has 0 saturated heterocycles. The van der Waals surface area contributed by atoms with Gasteiger partial charge in [-0.2, -0.15) is 26.3 Å². The summed E-state index contributed by atoms with van der Waals surface area (Å²) in [5, 5.41) is 17.2. The fourth-order valence-electron chi connectivity index (χ4n) is 5.91. The molecule has 2 atom stereocenters. The van der Waals surface area contributed by atoms with Gasteiger partial charge in [0, 0.05) is 34.9 Å². The molecule has 2 aromatic heterocycles. The highest BCUT2D eigenvalue weighted by Gasteiger charge is 2.39. The van der Waals surface area contributed by atoms with Crippen LogP contribution in [0, 0.1) is 12.7 Å². The smallest absolute Gasteiger partial charge is 0.388 e. The molecule has 0 spiro atoms. The number of benzene rings is 2. The molecular formula is C28H27B2F7N7O. The van der Waals surface area contributed by atoms with Crippen molar-refractivity contribution in [3.8, 4) is 0 Å². The number of alkyl halides is 6. The number of aliphatic hydroxyl groups is 1. The number of rotatable bonds is 6. The van der Waals surface area contributed by atoms with Crippen LogP contribution in [0.25, 0.3) is 27.6 Å². The van der Waals surface area contributed by atoms with E-state index >= 15 is 0 Å². The summed E-state index contributed by atoms with van der Waals surface area (Å²) >= 11 is 0. The van der Waals surface area contributed by atoms with E-state index in [1.54, 1.807) is 20.8 Å². The predicted octanol–water partition coefficient (Wildman–Crippen LogP) is 5.58. The molecule has 0 bridgehead atoms. The minimum atomic E-state index is -4.94. The zero-order valence-electron chi connectivity index (χ0n) is 24.8. The number of aromatic nitrogens is 4. The second kappa shape index (κ2) is 10.8. The van der Waals surface area contributed by atoms with E-state index < -0.39 is 47.4 Å². The van der Waals surface area contributed by atoms with Gasteiger partial charge in [-0.15, -0.1) is 0 Å². The number of imidazole rings is 1. The summed E-state index contributed by atoms with van der Waals surface area (Å²) < 4.78 is 100.0. The summed E-state index contributed by atoms with van der Waals surface area (Å²) in [6.07, 6.45) is -9.68. The van der Waals surface area contributed by atoms with E-state index in [1.807, 2.05) is 0 Å². The largest absolute Gasteiger partial charge is 0.418 e. The van der Waals surface area contributed by atoms with Gasteiger partial charge < -0.3 is 20.3 Å². The molecule has 8 nitrogen and oxygen atoms in total. The molecule has 2 unspecified atom stereocenters. The molecule has 0 fully saturated rings. The Hall–Kier alpha value is -4.01. The number of hydrogen-bond acceptors (Lipinski definition) is 6. The highest BCUT2D eigenvalue weighted by atomic mass is 19.4. The van der Waals surface area contributed by atoms with Crippen LogP contribution in [0.3, 0.4) is 0 Å². The molecule has 0 amide bonds. The normalized spacial score (nSPS) is 17.2. The average Bonchev–Trinajstić information content (AvgIpc) is 3.35. The van der Waals surface area contributed by atoms with E-state index in [2.05, 4.69) is 32.2 Å². The Labute approximate surface area is 254 Å². The lowest BCUT2D eigenvalue weighted by molar-refractivity contribution is -0.140. The maximum atomic E-state index is 14.5. The van der Waals surface area contributed by atoms with E-state index in [4.69, 9.17) is 7.85 Å². The number of anilines is 2. The van der Waals surface area contributed by atoms with Crippen LogP contribution in [0.1, 0.15) is 49.3 Å². The van der Waals surface area contributed by atoms with Gasteiger partial charge in [-0.05, 0) is 32.0 Å². The van der Waals surface area contributed by atoms with Gasteiger partial charge >= 0.3 is 12.4 Å². The number of nitrogens with one attached hydrogen (secondary N) is 2. The van der Waals surface area contributed by atoms with Crippen LogP contribution < -0.4 is 16.3 Å². The van der Waals surface area contributed by atoms with Gasteiger partial charge in [-0.1, -0.05) is 26.2 Å². The monoisotopic (exact) mass is 632 g/mol. The zero-order chi connectivity index (χ0) is 33.4. The van der Waals surface area contributed by atoms with Crippen LogP contribution in [0.4, 0.5) is 42.2 Å². The third kappa shape index (κ3) is 5.77. The number of halogens is 7. The zero-order valence-corrected chi connectivity index (χ0v) is 24.8. The first kappa shape index (κ1) is 32.4. The van der Waals surface area contributed by atoms with Gasteiger partial charge in [-0.25, -0.2) is 14.4 Å². The van der Waals surface area contributed by atoms with Gasteiger partial charge in [0.25, 0.3) is 0 Å². The van der Waals surface area contributed by atoms with Crippen molar-refractivity contribution >= 4 is 54.3 Å². The minimum absolute atomic E-state index is 0.0711. The lowest BCUT2D eigenvalue weighted by Gasteiger charge is -2.29. The van der Waals surface area contributed by atoms with Crippen molar-refractivity contribution in [2.45, 2.75) is 64.0 Å². The van der Waals surface area contributed by atoms with Gasteiger partial charge in [0.1, 0.15) is 31.9 Å². The van der Waals surface area contributed by atoms with Gasteiger partial charge in [-0.3, -0.25) is 9.56 Å². The molecule has 5 rings (SSSR count). The molecule has 235 valence electrons. The summed E-state index contributed by atoms with van der Waals surface area (Å²) in [5.41, 5.74) is -3.35. The number of nitrogens with zero attached hydrogens (tertiary/aromatic N) is 5. The Bertz CT molecular complexity index is 1930.